The summed E-state index contributed by atoms with van der Waals surface area (Å²) in [7, 11) is 1.86. The largest absolute Gasteiger partial charge is 0.434 e. The molecule has 10 heteroatoms. The molecule has 1 N–H and O–H groups in total. The highest BCUT2D eigenvalue weighted by atomic mass is 19.4. The Morgan fingerprint density at radius 1 is 1.16 bits per heavy atom. The number of carbonyl (C=O) groups excluding carboxylic acids is 1. The van der Waals surface area contributed by atoms with Crippen LogP contribution in [0.1, 0.15) is 49.1 Å². The van der Waals surface area contributed by atoms with Gasteiger partial charge < -0.3 is 10.2 Å². The van der Waals surface area contributed by atoms with Crippen LogP contribution in [-0.4, -0.2) is 38.9 Å². The van der Waals surface area contributed by atoms with E-state index in [1.165, 1.54) is 6.20 Å². The van der Waals surface area contributed by atoms with E-state index in [0.717, 1.165) is 49.2 Å². The Kier molecular flexibility index (Phi) is 5.57. The fourth-order valence-electron chi connectivity index (χ4n) is 4.21. The number of hydrogen-bond acceptors (Lipinski definition) is 6. The highest BCUT2D eigenvalue weighted by Crippen LogP contribution is 2.39. The Labute approximate surface area is 178 Å². The first-order valence-corrected chi connectivity index (χ1v) is 10.4. The number of aryl methyl sites for hydroxylation is 2. The number of likely N-dealkylation sites (N-methyl/N-ethyl adjacent to an activating group) is 1. The molecule has 1 aliphatic heterocycles. The molecule has 0 saturated heterocycles. The Morgan fingerprint density at radius 2 is 1.90 bits per heavy atom. The normalized spacial score (nSPS) is 23.2. The first-order valence-electron chi connectivity index (χ1n) is 10.4. The molecule has 0 radical (unpaired) electrons. The van der Waals surface area contributed by atoms with Gasteiger partial charge in [0.05, 0.1) is 17.6 Å². The van der Waals surface area contributed by atoms with E-state index in [-0.39, 0.29) is 11.9 Å². The molecule has 4 rings (SSSR count). The molecule has 1 atom stereocenters. The summed E-state index contributed by atoms with van der Waals surface area (Å²) in [6.45, 7) is 3.72. The number of fused-ring (bicyclic) bond motifs is 1. The van der Waals surface area contributed by atoms with E-state index in [1.54, 1.807) is 0 Å². The fourth-order valence-corrected chi connectivity index (χ4v) is 4.21. The van der Waals surface area contributed by atoms with Gasteiger partial charge in [0.1, 0.15) is 17.6 Å². The van der Waals surface area contributed by atoms with Crippen LogP contribution in [0.4, 0.5) is 24.7 Å². The van der Waals surface area contributed by atoms with Crippen LogP contribution < -0.4 is 10.2 Å². The van der Waals surface area contributed by atoms with Gasteiger partial charge in [0, 0.05) is 19.7 Å². The molecular formula is C21H25F3N6O. The Hall–Kier alpha value is -2.78. The molecule has 0 aromatic carbocycles. The maximum absolute atomic E-state index is 12.6. The summed E-state index contributed by atoms with van der Waals surface area (Å²) in [5, 5.41) is 2.89. The lowest BCUT2D eigenvalue weighted by Gasteiger charge is -2.36. The number of halogens is 3. The third kappa shape index (κ3) is 4.47. The summed E-state index contributed by atoms with van der Waals surface area (Å²) < 4.78 is 37.7. The molecule has 3 heterocycles. The summed E-state index contributed by atoms with van der Waals surface area (Å²) in [5.74, 6) is 2.49. The van der Waals surface area contributed by atoms with Crippen LogP contribution in [0.5, 0.6) is 0 Å². The minimum Gasteiger partial charge on any atom is -0.346 e. The van der Waals surface area contributed by atoms with Crippen LogP contribution in [0.25, 0.3) is 0 Å². The van der Waals surface area contributed by atoms with Crippen molar-refractivity contribution in [3.05, 3.63) is 35.3 Å². The molecular weight excluding hydrogens is 409 g/mol. The molecule has 0 spiro atoms. The third-order valence-corrected chi connectivity index (χ3v) is 6.27. The highest BCUT2D eigenvalue weighted by molar-refractivity contribution is 6.02. The van der Waals surface area contributed by atoms with Crippen molar-refractivity contribution in [2.75, 3.05) is 17.3 Å². The minimum atomic E-state index is -4.46. The van der Waals surface area contributed by atoms with Crippen LogP contribution in [-0.2, 0) is 23.8 Å². The summed E-state index contributed by atoms with van der Waals surface area (Å²) in [4.78, 5) is 30.6. The molecule has 2 aromatic heterocycles. The van der Waals surface area contributed by atoms with E-state index in [4.69, 9.17) is 4.98 Å². The summed E-state index contributed by atoms with van der Waals surface area (Å²) >= 11 is 0. The Balaban J connectivity index is 1.30. The lowest BCUT2D eigenvalue weighted by Crippen LogP contribution is -2.45. The van der Waals surface area contributed by atoms with Crippen LogP contribution >= 0.6 is 0 Å². The fraction of sp³-hybridized carbons (Fsp3) is 0.571. The summed E-state index contributed by atoms with van der Waals surface area (Å²) in [5.41, 5.74) is 1.08. The number of nitrogens with zero attached hydrogens (tertiary/aromatic N) is 5. The highest BCUT2D eigenvalue weighted by Gasteiger charge is 2.34. The lowest BCUT2D eigenvalue weighted by atomic mass is 9.71. The van der Waals surface area contributed by atoms with Gasteiger partial charge in [0.15, 0.2) is 11.5 Å². The van der Waals surface area contributed by atoms with Gasteiger partial charge in [-0.2, -0.15) is 13.2 Å². The molecule has 2 aromatic rings. The van der Waals surface area contributed by atoms with E-state index < -0.39 is 11.9 Å². The second-order valence-electron chi connectivity index (χ2n) is 8.54. The number of anilines is 2. The van der Waals surface area contributed by atoms with Crippen LogP contribution in [0.15, 0.2) is 12.4 Å². The minimum absolute atomic E-state index is 0.0611. The molecule has 1 fully saturated rings. The number of nitrogens with one attached hydrogen (secondary N) is 1. The molecule has 7 nitrogen and oxygen atoms in total. The summed E-state index contributed by atoms with van der Waals surface area (Å²) in [6.07, 6.45) is 1.93. The number of amides is 1. The van der Waals surface area contributed by atoms with Crippen molar-refractivity contribution in [1.82, 2.24) is 19.9 Å². The molecule has 1 saturated carbocycles. The predicted molar refractivity (Wildman–Crippen MR) is 109 cm³/mol. The van der Waals surface area contributed by atoms with Gasteiger partial charge in [-0.3, -0.25) is 9.78 Å². The predicted octanol–water partition coefficient (Wildman–Crippen LogP) is 3.57. The van der Waals surface area contributed by atoms with E-state index >= 15 is 0 Å². The van der Waals surface area contributed by atoms with Gasteiger partial charge in [-0.1, -0.05) is 0 Å². The number of hydrogen-bond donors (Lipinski definition) is 1. The monoisotopic (exact) mass is 434 g/mol. The first kappa shape index (κ1) is 21.5. The van der Waals surface area contributed by atoms with Gasteiger partial charge in [0.25, 0.3) is 0 Å². The van der Waals surface area contributed by atoms with Crippen LogP contribution in [0.2, 0.25) is 0 Å². The van der Waals surface area contributed by atoms with E-state index in [1.807, 2.05) is 25.8 Å². The average molecular weight is 434 g/mol. The molecule has 1 aliphatic carbocycles. The maximum atomic E-state index is 12.6. The topological polar surface area (TPSA) is 83.9 Å². The van der Waals surface area contributed by atoms with Crippen molar-refractivity contribution in [3.8, 4) is 0 Å². The Morgan fingerprint density at radius 3 is 2.55 bits per heavy atom. The quantitative estimate of drug-likeness (QED) is 0.775. The van der Waals surface area contributed by atoms with Crippen molar-refractivity contribution in [2.24, 2.45) is 11.8 Å². The van der Waals surface area contributed by atoms with Gasteiger partial charge >= 0.3 is 6.18 Å². The van der Waals surface area contributed by atoms with Crippen LogP contribution in [0, 0.1) is 18.8 Å². The molecule has 0 unspecified atom stereocenters. The third-order valence-electron chi connectivity index (χ3n) is 6.27. The van der Waals surface area contributed by atoms with Crippen molar-refractivity contribution in [3.63, 3.8) is 0 Å². The standard InChI is InChI=1S/C21H25F3N6O/c1-11-18-19(30(3)12(2)20(31)29-18)28-17(27-11)8-14-6-13(7-14)4-5-15-9-26-16(10-25-15)21(22,23)24/h9-10,12-14H,4-8H2,1-3H3,(H,29,31)/t12-,13?,14?/m0/s1. The van der Waals surface area contributed by atoms with Crippen molar-refractivity contribution >= 4 is 17.4 Å². The zero-order chi connectivity index (χ0) is 22.3. The van der Waals surface area contributed by atoms with Crippen molar-refractivity contribution < 1.29 is 18.0 Å². The van der Waals surface area contributed by atoms with E-state index in [0.29, 0.717) is 29.6 Å². The van der Waals surface area contributed by atoms with Gasteiger partial charge in [-0.15, -0.1) is 0 Å². The van der Waals surface area contributed by atoms with Gasteiger partial charge in [-0.05, 0) is 51.4 Å². The van der Waals surface area contributed by atoms with Crippen molar-refractivity contribution in [1.29, 1.82) is 0 Å². The molecule has 1 amide bonds. The smallest absolute Gasteiger partial charge is 0.346 e. The number of alkyl halides is 3. The SMILES string of the molecule is Cc1nc(CC2CC(CCc3cnc(C(F)(F)F)cn3)C2)nc2c1NC(=O)[C@H](C)N2C. The number of aromatic nitrogens is 4. The lowest BCUT2D eigenvalue weighted by molar-refractivity contribution is -0.141. The number of carbonyl (C=O) groups is 1. The molecule has 166 valence electrons. The zero-order valence-electron chi connectivity index (χ0n) is 17.7. The van der Waals surface area contributed by atoms with Gasteiger partial charge in [-0.25, -0.2) is 15.0 Å². The number of rotatable bonds is 5. The van der Waals surface area contributed by atoms with Crippen molar-refractivity contribution in [2.45, 2.75) is 58.2 Å². The molecule has 2 aliphatic rings. The average Bonchev–Trinajstić information content (AvgIpc) is 2.68. The van der Waals surface area contributed by atoms with E-state index in [9.17, 15) is 18.0 Å². The van der Waals surface area contributed by atoms with E-state index in [2.05, 4.69) is 20.3 Å². The van der Waals surface area contributed by atoms with Crippen LogP contribution in [0.3, 0.4) is 0 Å². The van der Waals surface area contributed by atoms with Gasteiger partial charge in [0.2, 0.25) is 5.91 Å². The summed E-state index contributed by atoms with van der Waals surface area (Å²) in [6, 6.07) is -0.281. The molecule has 0 bridgehead atoms. The molecule has 31 heavy (non-hydrogen) atoms. The Bertz CT molecular complexity index is 972. The first-order chi connectivity index (χ1) is 14.6. The maximum Gasteiger partial charge on any atom is 0.434 e. The second-order valence-corrected chi connectivity index (χ2v) is 8.54. The second kappa shape index (κ2) is 8.05. The zero-order valence-corrected chi connectivity index (χ0v) is 17.7.